The maximum Gasteiger partial charge on any atom is 0.387 e. The van der Waals surface area contributed by atoms with E-state index in [0.29, 0.717) is 5.56 Å². The predicted octanol–water partition coefficient (Wildman–Crippen LogP) is 3.43. The molecule has 0 saturated carbocycles. The van der Waals surface area contributed by atoms with E-state index in [9.17, 15) is 28.0 Å². The number of carbonyl (C=O) groups is 4. The Morgan fingerprint density at radius 1 is 1.06 bits per heavy atom. The first-order chi connectivity index (χ1) is 15.7. The molecular weight excluding hydrogens is 464 g/mol. The van der Waals surface area contributed by atoms with E-state index in [1.54, 1.807) is 0 Å². The number of hydrogen-bond acceptors (Lipinski definition) is 9. The third kappa shape index (κ3) is 7.10. The summed E-state index contributed by atoms with van der Waals surface area (Å²) in [6.07, 6.45) is 2.40. The number of benzene rings is 1. The van der Waals surface area contributed by atoms with Crippen molar-refractivity contribution in [2.75, 3.05) is 26.1 Å². The normalized spacial score (nSPS) is 10.7. The van der Waals surface area contributed by atoms with Gasteiger partial charge in [-0.2, -0.15) is 8.78 Å². The molecule has 0 aliphatic heterocycles. The highest BCUT2D eigenvalue weighted by Gasteiger charge is 2.26. The number of nitrogens with one attached hydrogen (secondary N) is 1. The van der Waals surface area contributed by atoms with Crippen LogP contribution in [0.15, 0.2) is 30.3 Å². The molecular formula is C21H19F2NO8S. The molecule has 0 aliphatic carbocycles. The van der Waals surface area contributed by atoms with Crippen molar-refractivity contribution in [3.05, 3.63) is 51.9 Å². The van der Waals surface area contributed by atoms with E-state index in [1.807, 2.05) is 0 Å². The van der Waals surface area contributed by atoms with Crippen LogP contribution in [-0.4, -0.2) is 51.3 Å². The predicted molar refractivity (Wildman–Crippen MR) is 113 cm³/mol. The number of amides is 1. The number of ether oxygens (including phenoxy) is 4. The number of alkyl halides is 2. The Kier molecular flexibility index (Phi) is 9.04. The maximum atomic E-state index is 12.2. The first-order valence-corrected chi connectivity index (χ1v) is 9.97. The van der Waals surface area contributed by atoms with Crippen LogP contribution in [0.5, 0.6) is 5.75 Å². The maximum absolute atomic E-state index is 12.2. The van der Waals surface area contributed by atoms with Crippen LogP contribution in [-0.2, 0) is 23.8 Å². The van der Waals surface area contributed by atoms with Crippen LogP contribution in [0.1, 0.15) is 31.2 Å². The molecule has 0 bridgehead atoms. The highest BCUT2D eigenvalue weighted by atomic mass is 32.1. The Labute approximate surface area is 190 Å². The third-order valence-electron chi connectivity index (χ3n) is 4.02. The summed E-state index contributed by atoms with van der Waals surface area (Å²) < 4.78 is 42.7. The topological polar surface area (TPSA) is 117 Å². The number of rotatable bonds is 9. The number of esters is 3. The van der Waals surface area contributed by atoms with Crippen molar-refractivity contribution in [2.45, 2.75) is 13.5 Å². The Morgan fingerprint density at radius 3 is 2.27 bits per heavy atom. The molecule has 0 aliphatic rings. The van der Waals surface area contributed by atoms with Gasteiger partial charge in [0.2, 0.25) is 0 Å². The molecule has 0 fully saturated rings. The van der Waals surface area contributed by atoms with Crippen LogP contribution in [0.25, 0.3) is 6.08 Å². The van der Waals surface area contributed by atoms with Crippen LogP contribution < -0.4 is 10.1 Å². The van der Waals surface area contributed by atoms with Crippen molar-refractivity contribution in [3.8, 4) is 5.75 Å². The summed E-state index contributed by atoms with van der Waals surface area (Å²) in [7, 11) is 2.33. The lowest BCUT2D eigenvalue weighted by molar-refractivity contribution is -0.142. The van der Waals surface area contributed by atoms with Crippen LogP contribution in [0, 0.1) is 6.92 Å². The van der Waals surface area contributed by atoms with Gasteiger partial charge in [-0.3, -0.25) is 4.79 Å². The van der Waals surface area contributed by atoms with Crippen molar-refractivity contribution in [1.82, 2.24) is 0 Å². The number of methoxy groups -OCH3 is 2. The van der Waals surface area contributed by atoms with Gasteiger partial charge in [-0.05, 0) is 36.3 Å². The number of carbonyl (C=O) groups excluding carboxylic acids is 4. The van der Waals surface area contributed by atoms with E-state index in [4.69, 9.17) is 4.74 Å². The van der Waals surface area contributed by atoms with E-state index in [2.05, 4.69) is 19.5 Å². The summed E-state index contributed by atoms with van der Waals surface area (Å²) in [5.74, 6) is -3.09. The smallest absolute Gasteiger partial charge is 0.387 e. The van der Waals surface area contributed by atoms with Crippen molar-refractivity contribution >= 4 is 46.2 Å². The molecule has 0 saturated heterocycles. The van der Waals surface area contributed by atoms with Gasteiger partial charge in [-0.15, -0.1) is 11.3 Å². The SMILES string of the molecule is COC(=O)c1sc(NC(=O)COC(=O)/C=C/c2ccc(OC(F)F)cc2)c(C(=O)OC)c1C. The molecule has 1 heterocycles. The zero-order valence-electron chi connectivity index (χ0n) is 17.7. The minimum absolute atomic E-state index is 0.0123. The van der Waals surface area contributed by atoms with Gasteiger partial charge in [0, 0.05) is 6.08 Å². The van der Waals surface area contributed by atoms with E-state index < -0.39 is 37.0 Å². The van der Waals surface area contributed by atoms with E-state index in [1.165, 1.54) is 44.4 Å². The van der Waals surface area contributed by atoms with E-state index in [0.717, 1.165) is 24.5 Å². The molecule has 0 unspecified atom stereocenters. The largest absolute Gasteiger partial charge is 0.465 e. The summed E-state index contributed by atoms with van der Waals surface area (Å²) in [6, 6.07) is 5.49. The minimum atomic E-state index is -2.94. The lowest BCUT2D eigenvalue weighted by atomic mass is 10.1. The fourth-order valence-electron chi connectivity index (χ4n) is 2.51. The zero-order valence-corrected chi connectivity index (χ0v) is 18.5. The van der Waals surface area contributed by atoms with Gasteiger partial charge in [-0.25, -0.2) is 14.4 Å². The molecule has 1 aromatic carbocycles. The second kappa shape index (κ2) is 11.7. The van der Waals surface area contributed by atoms with Crippen molar-refractivity contribution < 1.29 is 46.9 Å². The summed E-state index contributed by atoms with van der Waals surface area (Å²) >= 11 is 0.818. The van der Waals surface area contributed by atoms with Crippen LogP contribution in [0.2, 0.25) is 0 Å². The van der Waals surface area contributed by atoms with Gasteiger partial charge in [0.15, 0.2) is 6.61 Å². The number of hydrogen-bond donors (Lipinski definition) is 1. The van der Waals surface area contributed by atoms with E-state index in [-0.39, 0.29) is 26.8 Å². The lowest BCUT2D eigenvalue weighted by Crippen LogP contribution is -2.21. The van der Waals surface area contributed by atoms with Gasteiger partial charge in [0.1, 0.15) is 15.6 Å². The van der Waals surface area contributed by atoms with Gasteiger partial charge in [0.25, 0.3) is 5.91 Å². The zero-order chi connectivity index (χ0) is 24.5. The quantitative estimate of drug-likeness (QED) is 0.328. The molecule has 0 radical (unpaired) electrons. The first kappa shape index (κ1) is 25.5. The molecule has 0 atom stereocenters. The lowest BCUT2D eigenvalue weighted by Gasteiger charge is -2.06. The first-order valence-electron chi connectivity index (χ1n) is 9.15. The average Bonchev–Trinajstić information content (AvgIpc) is 3.11. The van der Waals surface area contributed by atoms with Crippen molar-refractivity contribution in [3.63, 3.8) is 0 Å². The minimum Gasteiger partial charge on any atom is -0.465 e. The molecule has 176 valence electrons. The molecule has 33 heavy (non-hydrogen) atoms. The highest BCUT2D eigenvalue weighted by Crippen LogP contribution is 2.34. The van der Waals surface area contributed by atoms with Gasteiger partial charge in [-0.1, -0.05) is 12.1 Å². The highest BCUT2D eigenvalue weighted by molar-refractivity contribution is 7.18. The summed E-state index contributed by atoms with van der Waals surface area (Å²) in [5, 5.41) is 2.46. The Morgan fingerprint density at radius 2 is 1.70 bits per heavy atom. The fourth-order valence-corrected chi connectivity index (χ4v) is 3.64. The van der Waals surface area contributed by atoms with Crippen LogP contribution in [0.3, 0.4) is 0 Å². The van der Waals surface area contributed by atoms with Gasteiger partial charge >= 0.3 is 24.5 Å². The Balaban J connectivity index is 1.98. The number of halogens is 2. The fraction of sp³-hybridized carbons (Fsp3) is 0.238. The second-order valence-corrected chi connectivity index (χ2v) is 7.20. The molecule has 2 rings (SSSR count). The molecule has 12 heteroatoms. The monoisotopic (exact) mass is 483 g/mol. The van der Waals surface area contributed by atoms with Gasteiger partial charge in [0.05, 0.1) is 19.8 Å². The van der Waals surface area contributed by atoms with Crippen molar-refractivity contribution in [1.29, 1.82) is 0 Å². The molecule has 9 nitrogen and oxygen atoms in total. The standard InChI is InChI=1S/C21H19F2NO8S/c1-11-16(19(27)29-2)18(33-17(11)20(28)30-3)24-14(25)10-31-15(26)9-6-12-4-7-13(8-5-12)32-21(22)23/h4-9,21H,10H2,1-3H3,(H,24,25)/b9-6+. The summed E-state index contributed by atoms with van der Waals surface area (Å²) in [4.78, 5) is 48.1. The summed E-state index contributed by atoms with van der Waals surface area (Å²) in [5.41, 5.74) is 0.769. The number of thiophene rings is 1. The van der Waals surface area contributed by atoms with E-state index >= 15 is 0 Å². The Hall–Kier alpha value is -3.80. The Bertz CT molecular complexity index is 1060. The number of anilines is 1. The van der Waals surface area contributed by atoms with Crippen molar-refractivity contribution in [2.24, 2.45) is 0 Å². The molecule has 0 spiro atoms. The third-order valence-corrected chi connectivity index (χ3v) is 5.21. The summed E-state index contributed by atoms with van der Waals surface area (Å²) in [6.45, 7) is -2.11. The molecule has 1 aromatic heterocycles. The van der Waals surface area contributed by atoms with Crippen LogP contribution >= 0.6 is 11.3 Å². The van der Waals surface area contributed by atoms with Gasteiger partial charge < -0.3 is 24.3 Å². The molecule has 1 amide bonds. The second-order valence-electron chi connectivity index (χ2n) is 6.18. The molecule has 2 aromatic rings. The average molecular weight is 483 g/mol. The van der Waals surface area contributed by atoms with Crippen LogP contribution in [0.4, 0.5) is 13.8 Å². The molecule has 1 N–H and O–H groups in total.